The summed E-state index contributed by atoms with van der Waals surface area (Å²) >= 11 is 5.86. The van der Waals surface area contributed by atoms with Gasteiger partial charge in [0.1, 0.15) is 5.69 Å². The number of aryl methyl sites for hydroxylation is 1. The van der Waals surface area contributed by atoms with Gasteiger partial charge in [-0.15, -0.1) is 0 Å². The molecule has 0 saturated carbocycles. The number of hydrogen-bond donors (Lipinski definition) is 1. The van der Waals surface area contributed by atoms with E-state index in [-0.39, 0.29) is 5.69 Å². The predicted molar refractivity (Wildman–Crippen MR) is 75.2 cm³/mol. The molecule has 0 bridgehead atoms. The van der Waals surface area contributed by atoms with Crippen LogP contribution in [0, 0.1) is 18.6 Å². The molecule has 0 amide bonds. The maximum atomic E-state index is 14.1. The second-order valence-electron chi connectivity index (χ2n) is 4.59. The molecule has 0 aliphatic heterocycles. The van der Waals surface area contributed by atoms with Crippen LogP contribution in [0.4, 0.5) is 8.78 Å². The predicted octanol–water partition coefficient (Wildman–Crippen LogP) is 3.61. The number of aromatic nitrogens is 2. The third-order valence-electron chi connectivity index (χ3n) is 2.90. The molecule has 3 nitrogen and oxygen atoms in total. The summed E-state index contributed by atoms with van der Waals surface area (Å²) < 4.78 is 29.3. The second kappa shape index (κ2) is 6.33. The summed E-state index contributed by atoms with van der Waals surface area (Å²) in [5, 5.41) is 7.47. The van der Waals surface area contributed by atoms with Gasteiger partial charge in [0.2, 0.25) is 0 Å². The maximum absolute atomic E-state index is 14.1. The van der Waals surface area contributed by atoms with E-state index in [9.17, 15) is 8.78 Å². The SMILES string of the molecule is CCCNCc1cc(F)c(-n2cc(Cl)c(C)n2)c(F)c1. The first-order chi connectivity index (χ1) is 9.52. The lowest BCUT2D eigenvalue weighted by atomic mass is 10.2. The molecule has 108 valence electrons. The van der Waals surface area contributed by atoms with Crippen LogP contribution in [-0.2, 0) is 6.54 Å². The van der Waals surface area contributed by atoms with Gasteiger partial charge in [-0.25, -0.2) is 13.5 Å². The average molecular weight is 300 g/mol. The van der Waals surface area contributed by atoms with Crippen molar-refractivity contribution in [3.05, 3.63) is 46.2 Å². The molecular formula is C14H16ClF2N3. The van der Waals surface area contributed by atoms with Crippen LogP contribution in [0.25, 0.3) is 5.69 Å². The van der Waals surface area contributed by atoms with Crippen molar-refractivity contribution >= 4 is 11.6 Å². The first-order valence-corrected chi connectivity index (χ1v) is 6.81. The highest BCUT2D eigenvalue weighted by molar-refractivity contribution is 6.31. The van der Waals surface area contributed by atoms with Gasteiger partial charge in [-0.1, -0.05) is 18.5 Å². The zero-order valence-electron chi connectivity index (χ0n) is 11.4. The molecule has 1 N–H and O–H groups in total. The van der Waals surface area contributed by atoms with E-state index in [1.54, 1.807) is 6.92 Å². The van der Waals surface area contributed by atoms with Crippen LogP contribution in [0.1, 0.15) is 24.6 Å². The standard InChI is InChI=1S/C14H16ClF2N3/c1-3-4-18-7-10-5-12(16)14(13(17)6-10)20-8-11(15)9(2)19-20/h5-6,8,18H,3-4,7H2,1-2H3. The van der Waals surface area contributed by atoms with Gasteiger partial charge >= 0.3 is 0 Å². The molecule has 0 saturated heterocycles. The number of nitrogens with zero attached hydrogens (tertiary/aromatic N) is 2. The Morgan fingerprint density at radius 1 is 1.30 bits per heavy atom. The van der Waals surface area contributed by atoms with Crippen molar-refractivity contribution in [1.82, 2.24) is 15.1 Å². The molecule has 0 aliphatic carbocycles. The zero-order chi connectivity index (χ0) is 14.7. The fourth-order valence-corrected chi connectivity index (χ4v) is 2.03. The molecule has 2 aromatic rings. The lowest BCUT2D eigenvalue weighted by Gasteiger charge is -2.09. The van der Waals surface area contributed by atoms with Gasteiger partial charge < -0.3 is 5.32 Å². The number of hydrogen-bond acceptors (Lipinski definition) is 2. The average Bonchev–Trinajstić information content (AvgIpc) is 2.68. The van der Waals surface area contributed by atoms with Crippen molar-refractivity contribution in [3.63, 3.8) is 0 Å². The van der Waals surface area contributed by atoms with Gasteiger partial charge in [0, 0.05) is 12.7 Å². The van der Waals surface area contributed by atoms with E-state index in [1.165, 1.54) is 18.3 Å². The molecule has 0 fully saturated rings. The molecule has 0 atom stereocenters. The van der Waals surface area contributed by atoms with Gasteiger partial charge in [-0.2, -0.15) is 5.10 Å². The minimum atomic E-state index is -0.655. The Morgan fingerprint density at radius 3 is 2.45 bits per heavy atom. The van der Waals surface area contributed by atoms with Crippen molar-refractivity contribution in [1.29, 1.82) is 0 Å². The molecule has 20 heavy (non-hydrogen) atoms. The van der Waals surface area contributed by atoms with Crippen LogP contribution in [0.5, 0.6) is 0 Å². The quantitative estimate of drug-likeness (QED) is 0.855. The molecule has 6 heteroatoms. The van der Waals surface area contributed by atoms with E-state index in [0.717, 1.165) is 17.6 Å². The van der Waals surface area contributed by atoms with Crippen molar-refractivity contribution in [2.45, 2.75) is 26.8 Å². The summed E-state index contributed by atoms with van der Waals surface area (Å²) in [6.45, 7) is 4.94. The first-order valence-electron chi connectivity index (χ1n) is 6.43. The molecule has 1 aromatic carbocycles. The Labute approximate surface area is 121 Å². The molecule has 0 unspecified atom stereocenters. The molecular weight excluding hydrogens is 284 g/mol. The van der Waals surface area contributed by atoms with Gasteiger partial charge in [-0.05, 0) is 37.6 Å². The highest BCUT2D eigenvalue weighted by Gasteiger charge is 2.15. The van der Waals surface area contributed by atoms with Crippen LogP contribution in [0.2, 0.25) is 5.02 Å². The highest BCUT2D eigenvalue weighted by atomic mass is 35.5. The summed E-state index contributed by atoms with van der Waals surface area (Å²) in [6, 6.07) is 2.62. The van der Waals surface area contributed by atoms with Crippen LogP contribution in [0.15, 0.2) is 18.3 Å². The molecule has 0 aliphatic rings. The van der Waals surface area contributed by atoms with Crippen molar-refractivity contribution in [2.24, 2.45) is 0 Å². The van der Waals surface area contributed by atoms with E-state index in [2.05, 4.69) is 10.4 Å². The lowest BCUT2D eigenvalue weighted by molar-refractivity contribution is 0.553. The molecule has 1 aromatic heterocycles. The zero-order valence-corrected chi connectivity index (χ0v) is 12.1. The third kappa shape index (κ3) is 3.16. The van der Waals surface area contributed by atoms with E-state index in [0.29, 0.717) is 22.8 Å². The van der Waals surface area contributed by atoms with Crippen molar-refractivity contribution in [2.75, 3.05) is 6.54 Å². The van der Waals surface area contributed by atoms with Crippen LogP contribution in [-0.4, -0.2) is 16.3 Å². The van der Waals surface area contributed by atoms with Crippen LogP contribution >= 0.6 is 11.6 Å². The maximum Gasteiger partial charge on any atom is 0.152 e. The fraction of sp³-hybridized carbons (Fsp3) is 0.357. The fourth-order valence-electron chi connectivity index (χ4n) is 1.90. The number of benzene rings is 1. The molecule has 0 spiro atoms. The number of rotatable bonds is 5. The summed E-state index contributed by atoms with van der Waals surface area (Å²) in [7, 11) is 0. The van der Waals surface area contributed by atoms with Crippen LogP contribution in [0.3, 0.4) is 0 Å². The van der Waals surface area contributed by atoms with E-state index in [4.69, 9.17) is 11.6 Å². The minimum Gasteiger partial charge on any atom is -0.313 e. The number of halogens is 3. The van der Waals surface area contributed by atoms with E-state index < -0.39 is 11.6 Å². The Kier molecular flexibility index (Phi) is 4.73. The third-order valence-corrected chi connectivity index (χ3v) is 3.27. The first kappa shape index (κ1) is 14.9. The smallest absolute Gasteiger partial charge is 0.152 e. The van der Waals surface area contributed by atoms with Crippen LogP contribution < -0.4 is 5.32 Å². The van der Waals surface area contributed by atoms with Crippen molar-refractivity contribution in [3.8, 4) is 5.69 Å². The summed E-state index contributed by atoms with van der Waals surface area (Å²) in [4.78, 5) is 0. The molecule has 0 radical (unpaired) electrons. The second-order valence-corrected chi connectivity index (χ2v) is 5.00. The summed E-state index contributed by atoms with van der Waals surface area (Å²) in [5.74, 6) is -1.31. The Bertz CT molecular complexity index is 568. The summed E-state index contributed by atoms with van der Waals surface area (Å²) in [6.07, 6.45) is 2.36. The lowest BCUT2D eigenvalue weighted by Crippen LogP contribution is -2.14. The molecule has 2 rings (SSSR count). The molecule has 1 heterocycles. The largest absolute Gasteiger partial charge is 0.313 e. The normalized spacial score (nSPS) is 11.1. The Balaban J connectivity index is 2.31. The Hall–Kier alpha value is -1.46. The van der Waals surface area contributed by atoms with Gasteiger partial charge in [-0.3, -0.25) is 0 Å². The van der Waals surface area contributed by atoms with Gasteiger partial charge in [0.15, 0.2) is 11.6 Å². The van der Waals surface area contributed by atoms with Gasteiger partial charge in [0.25, 0.3) is 0 Å². The highest BCUT2D eigenvalue weighted by Crippen LogP contribution is 2.22. The monoisotopic (exact) mass is 299 g/mol. The van der Waals surface area contributed by atoms with E-state index >= 15 is 0 Å². The summed E-state index contributed by atoms with van der Waals surface area (Å²) in [5.41, 5.74) is 0.880. The Morgan fingerprint density at radius 2 is 1.95 bits per heavy atom. The van der Waals surface area contributed by atoms with Crippen molar-refractivity contribution < 1.29 is 8.78 Å². The number of nitrogens with one attached hydrogen (secondary N) is 1. The van der Waals surface area contributed by atoms with E-state index in [1.807, 2.05) is 6.92 Å². The van der Waals surface area contributed by atoms with Gasteiger partial charge in [0.05, 0.1) is 10.7 Å². The minimum absolute atomic E-state index is 0.209. The topological polar surface area (TPSA) is 29.9 Å².